The van der Waals surface area contributed by atoms with E-state index >= 15 is 0 Å². The first-order chi connectivity index (χ1) is 19.2. The topological polar surface area (TPSA) is 329 Å². The van der Waals surface area contributed by atoms with E-state index in [1.165, 1.54) is 6.07 Å². The van der Waals surface area contributed by atoms with Gasteiger partial charge in [0.1, 0.15) is 49.0 Å². The summed E-state index contributed by atoms with van der Waals surface area (Å²) in [5, 5.41) is 72.8. The maximum atomic E-state index is 12.6. The lowest BCUT2D eigenvalue weighted by Gasteiger charge is -2.44. The van der Waals surface area contributed by atoms with Crippen molar-refractivity contribution in [1.82, 2.24) is 14.9 Å². The third-order valence-electron chi connectivity index (χ3n) is 6.36. The van der Waals surface area contributed by atoms with Crippen LogP contribution < -0.4 is 22.5 Å². The SMILES string of the molecule is NCC(=O)N[C@@H]1C(O)C[C@@](O[P+](=O)OC[C@H]2O[C@@H](n3ccc(N)nc3=O)[C@@H](O)[C@H]2O)(C(=O)O)OC1[C@H](O)[C@H](O)CO. The Morgan fingerprint density at radius 3 is 2.56 bits per heavy atom. The third-order valence-corrected chi connectivity index (χ3v) is 7.16. The molecule has 21 heteroatoms. The number of nitrogens with two attached hydrogens (primary N) is 2. The fourth-order valence-electron chi connectivity index (χ4n) is 4.23. The lowest BCUT2D eigenvalue weighted by molar-refractivity contribution is -0.285. The summed E-state index contributed by atoms with van der Waals surface area (Å²) in [4.78, 5) is 39.5. The minimum absolute atomic E-state index is 0.107. The molecule has 3 heterocycles. The Morgan fingerprint density at radius 2 is 1.98 bits per heavy atom. The Bertz CT molecular complexity index is 1170. The van der Waals surface area contributed by atoms with Crippen molar-refractivity contribution in [1.29, 1.82) is 0 Å². The maximum absolute atomic E-state index is 12.6. The molecule has 2 aliphatic rings. The van der Waals surface area contributed by atoms with Crippen molar-refractivity contribution in [3.05, 3.63) is 22.7 Å². The van der Waals surface area contributed by atoms with Crippen molar-refractivity contribution in [3.63, 3.8) is 0 Å². The van der Waals surface area contributed by atoms with Crippen LogP contribution in [0.2, 0.25) is 0 Å². The lowest BCUT2D eigenvalue weighted by Crippen LogP contribution is -2.68. The molecule has 2 fully saturated rings. The predicted molar refractivity (Wildman–Crippen MR) is 129 cm³/mol. The van der Waals surface area contributed by atoms with Gasteiger partial charge < -0.3 is 62.0 Å². The van der Waals surface area contributed by atoms with E-state index in [9.17, 15) is 54.7 Å². The van der Waals surface area contributed by atoms with Crippen LogP contribution >= 0.6 is 8.25 Å². The number of hydrogen-bond donors (Lipinski definition) is 10. The van der Waals surface area contributed by atoms with E-state index in [1.807, 2.05) is 0 Å². The van der Waals surface area contributed by atoms with E-state index in [2.05, 4.69) is 10.3 Å². The molecule has 0 radical (unpaired) electrons. The molecule has 11 atom stereocenters. The number of carboxylic acid groups (broad SMARTS) is 1. The van der Waals surface area contributed by atoms with Gasteiger partial charge in [0.25, 0.3) is 0 Å². The highest BCUT2D eigenvalue weighted by Gasteiger charge is 2.61. The van der Waals surface area contributed by atoms with Gasteiger partial charge >= 0.3 is 25.7 Å². The van der Waals surface area contributed by atoms with Crippen LogP contribution in [-0.2, 0) is 32.7 Å². The number of carbonyl (C=O) groups excluding carboxylic acids is 1. The van der Waals surface area contributed by atoms with Crippen LogP contribution in [0.3, 0.4) is 0 Å². The summed E-state index contributed by atoms with van der Waals surface area (Å²) in [6, 6.07) is -0.318. The van der Waals surface area contributed by atoms with Crippen LogP contribution in [0.25, 0.3) is 0 Å². The summed E-state index contributed by atoms with van der Waals surface area (Å²) >= 11 is 0. The van der Waals surface area contributed by atoms with Crippen molar-refractivity contribution < 1.29 is 68.4 Å². The molecule has 1 amide bonds. The molecule has 12 N–H and O–H groups in total. The van der Waals surface area contributed by atoms with E-state index in [1.54, 1.807) is 0 Å². The highest BCUT2D eigenvalue weighted by atomic mass is 31.1. The highest BCUT2D eigenvalue weighted by Crippen LogP contribution is 2.41. The molecule has 3 rings (SSSR count). The minimum Gasteiger partial charge on any atom is -0.477 e. The Balaban J connectivity index is 1.74. The molecule has 2 saturated heterocycles. The normalized spacial score (nSPS) is 33.6. The van der Waals surface area contributed by atoms with Crippen LogP contribution in [-0.4, -0.2) is 131 Å². The molecule has 2 aliphatic heterocycles. The first-order valence-corrected chi connectivity index (χ1v) is 13.1. The number of rotatable bonds is 12. The molecular formula is C20H31N5O15P+. The second-order valence-corrected chi connectivity index (χ2v) is 10.0. The number of nitrogens with one attached hydrogen (secondary N) is 1. The van der Waals surface area contributed by atoms with Crippen LogP contribution in [0.4, 0.5) is 5.82 Å². The lowest BCUT2D eigenvalue weighted by atomic mass is 9.88. The molecule has 1 aromatic rings. The molecular weight excluding hydrogens is 581 g/mol. The summed E-state index contributed by atoms with van der Waals surface area (Å²) in [5.74, 6) is -5.88. The average Bonchev–Trinajstić information content (AvgIpc) is 3.20. The molecule has 3 unspecified atom stereocenters. The molecule has 20 nitrogen and oxygen atoms in total. The van der Waals surface area contributed by atoms with Crippen molar-refractivity contribution >= 4 is 25.9 Å². The maximum Gasteiger partial charge on any atom is 0.701 e. The molecule has 0 aromatic carbocycles. The number of anilines is 1. The van der Waals surface area contributed by atoms with Crippen LogP contribution in [0.1, 0.15) is 12.6 Å². The minimum atomic E-state index is -3.46. The number of aliphatic hydroxyl groups is 6. The highest BCUT2D eigenvalue weighted by molar-refractivity contribution is 7.33. The quantitative estimate of drug-likeness (QED) is 0.0982. The second kappa shape index (κ2) is 13.5. The number of hydrogen-bond acceptors (Lipinski definition) is 17. The van der Waals surface area contributed by atoms with Gasteiger partial charge in [0.15, 0.2) is 6.23 Å². The van der Waals surface area contributed by atoms with E-state index in [0.717, 1.165) is 10.8 Å². The number of nitrogens with zero attached hydrogens (tertiary/aromatic N) is 2. The first kappa shape index (κ1) is 32.8. The molecule has 41 heavy (non-hydrogen) atoms. The molecule has 0 aliphatic carbocycles. The Kier molecular flexibility index (Phi) is 10.8. The molecule has 230 valence electrons. The predicted octanol–water partition coefficient (Wildman–Crippen LogP) is -5.78. The zero-order chi connectivity index (χ0) is 30.6. The van der Waals surface area contributed by atoms with Gasteiger partial charge in [0.2, 0.25) is 5.91 Å². The van der Waals surface area contributed by atoms with Crippen LogP contribution in [0.15, 0.2) is 17.1 Å². The van der Waals surface area contributed by atoms with Gasteiger partial charge in [-0.2, -0.15) is 4.98 Å². The molecule has 0 saturated carbocycles. The summed E-state index contributed by atoms with van der Waals surface area (Å²) < 4.78 is 34.2. The van der Waals surface area contributed by atoms with Gasteiger partial charge in [-0.3, -0.25) is 9.36 Å². The Morgan fingerprint density at radius 1 is 1.29 bits per heavy atom. The van der Waals surface area contributed by atoms with E-state index in [0.29, 0.717) is 0 Å². The van der Waals surface area contributed by atoms with E-state index in [-0.39, 0.29) is 5.82 Å². The number of ether oxygens (including phenoxy) is 2. The second-order valence-electron chi connectivity index (χ2n) is 9.15. The fraction of sp³-hybridized carbons (Fsp3) is 0.700. The van der Waals surface area contributed by atoms with Gasteiger partial charge in [-0.05, 0) is 6.07 Å². The van der Waals surface area contributed by atoms with Crippen molar-refractivity contribution in [2.45, 2.75) is 67.2 Å². The summed E-state index contributed by atoms with van der Waals surface area (Å²) in [6.45, 7) is -2.37. The summed E-state index contributed by atoms with van der Waals surface area (Å²) in [5.41, 5.74) is 9.76. The number of carboxylic acids is 1. The van der Waals surface area contributed by atoms with Gasteiger partial charge in [-0.15, -0.1) is 4.52 Å². The van der Waals surface area contributed by atoms with Gasteiger partial charge in [0, 0.05) is 17.2 Å². The molecule has 1 aromatic heterocycles. The van der Waals surface area contributed by atoms with Gasteiger partial charge in [-0.1, -0.05) is 4.52 Å². The summed E-state index contributed by atoms with van der Waals surface area (Å²) in [7, 11) is -3.46. The number of amides is 1. The summed E-state index contributed by atoms with van der Waals surface area (Å²) in [6.07, 6.45) is -13.8. The van der Waals surface area contributed by atoms with Crippen molar-refractivity contribution in [2.24, 2.45) is 5.73 Å². The van der Waals surface area contributed by atoms with Crippen molar-refractivity contribution in [3.8, 4) is 0 Å². The third kappa shape index (κ3) is 7.20. The molecule has 0 spiro atoms. The average molecular weight is 612 g/mol. The number of carbonyl (C=O) groups is 2. The van der Waals surface area contributed by atoms with E-state index < -0.39 is 113 Å². The number of aliphatic carboxylic acids is 1. The van der Waals surface area contributed by atoms with Gasteiger partial charge in [-0.25, -0.2) is 9.59 Å². The largest absolute Gasteiger partial charge is 0.701 e. The molecule has 0 bridgehead atoms. The van der Waals surface area contributed by atoms with Crippen LogP contribution in [0.5, 0.6) is 0 Å². The zero-order valence-corrected chi connectivity index (χ0v) is 22.0. The van der Waals surface area contributed by atoms with E-state index in [4.69, 9.17) is 30.0 Å². The standard InChI is InChI=1S/C20H30N5O15P/c21-4-11(29)24-12-7(27)3-20(18(33)34,39-16(12)13(30)8(28)5-26)40-41(36)37-6-9-14(31)15(32)17(38-9)25-2-1-10(22)23-19(25)35/h1-2,7-9,12-17,26-28,30-32H,3-6,21H2,(H3-,22,23,24,29,33,34,35)/p+1/t7?,8-,9-,12-,13-,14+,15+,16?,17-,20-/m1/s1. The smallest absolute Gasteiger partial charge is 0.477 e. The Labute approximate surface area is 231 Å². The number of aliphatic hydroxyl groups excluding tert-OH is 6. The van der Waals surface area contributed by atoms with Crippen LogP contribution in [0, 0.1) is 0 Å². The Hall–Kier alpha value is -2.72. The first-order valence-electron chi connectivity index (χ1n) is 12.0. The fourth-order valence-corrected chi connectivity index (χ4v) is 4.99. The van der Waals surface area contributed by atoms with Crippen molar-refractivity contribution in [2.75, 3.05) is 25.5 Å². The van der Waals surface area contributed by atoms with Gasteiger partial charge in [0.05, 0.1) is 25.3 Å². The number of nitrogen functional groups attached to an aromatic ring is 1. The monoisotopic (exact) mass is 612 g/mol. The zero-order valence-electron chi connectivity index (χ0n) is 21.1. The number of aromatic nitrogens is 2.